The average molecular weight is 361 g/mol. The van der Waals surface area contributed by atoms with Crippen LogP contribution in [0.1, 0.15) is 40.7 Å². The minimum absolute atomic E-state index is 0.521. The molecule has 1 heterocycles. The first kappa shape index (κ1) is 16.9. The van der Waals surface area contributed by atoms with Crippen molar-refractivity contribution in [2.45, 2.75) is 26.2 Å². The summed E-state index contributed by atoms with van der Waals surface area (Å²) in [6.07, 6.45) is 5.00. The SMILES string of the molecule is Cc1ccc(C2=C(c3ccc(Cl)nc3)CCCc3cc(N)ccc32)cc1. The van der Waals surface area contributed by atoms with Crippen LogP contribution in [-0.2, 0) is 6.42 Å². The molecule has 26 heavy (non-hydrogen) atoms. The first-order chi connectivity index (χ1) is 12.6. The number of nitrogen functional groups attached to an aromatic ring is 1. The van der Waals surface area contributed by atoms with Gasteiger partial charge >= 0.3 is 0 Å². The van der Waals surface area contributed by atoms with Crippen molar-refractivity contribution in [2.75, 3.05) is 5.73 Å². The second kappa shape index (κ2) is 6.97. The maximum absolute atomic E-state index is 6.06. The van der Waals surface area contributed by atoms with E-state index in [4.69, 9.17) is 17.3 Å². The number of allylic oxidation sites excluding steroid dienone is 1. The fraction of sp³-hybridized carbons (Fsp3) is 0.174. The molecule has 3 heteroatoms. The van der Waals surface area contributed by atoms with Crippen molar-refractivity contribution in [3.63, 3.8) is 0 Å². The van der Waals surface area contributed by atoms with Crippen LogP contribution in [0.15, 0.2) is 60.8 Å². The van der Waals surface area contributed by atoms with Gasteiger partial charge < -0.3 is 5.73 Å². The van der Waals surface area contributed by atoms with Crippen molar-refractivity contribution in [1.29, 1.82) is 0 Å². The summed E-state index contributed by atoms with van der Waals surface area (Å²) in [6, 6.07) is 19.0. The molecule has 3 aromatic rings. The Kier molecular flexibility index (Phi) is 4.52. The zero-order chi connectivity index (χ0) is 18.1. The lowest BCUT2D eigenvalue weighted by atomic mass is 9.88. The van der Waals surface area contributed by atoms with E-state index in [2.05, 4.69) is 54.4 Å². The second-order valence-electron chi connectivity index (χ2n) is 6.86. The van der Waals surface area contributed by atoms with Gasteiger partial charge in [-0.05, 0) is 77.8 Å². The van der Waals surface area contributed by atoms with Gasteiger partial charge in [-0.3, -0.25) is 0 Å². The second-order valence-corrected chi connectivity index (χ2v) is 7.25. The van der Waals surface area contributed by atoms with Crippen LogP contribution >= 0.6 is 11.6 Å². The average Bonchev–Trinajstić information content (AvgIpc) is 2.82. The maximum atomic E-state index is 6.06. The summed E-state index contributed by atoms with van der Waals surface area (Å²) < 4.78 is 0. The largest absolute Gasteiger partial charge is 0.399 e. The molecule has 130 valence electrons. The number of fused-ring (bicyclic) bond motifs is 1. The molecule has 0 unspecified atom stereocenters. The first-order valence-corrected chi connectivity index (χ1v) is 9.30. The van der Waals surface area contributed by atoms with E-state index in [1.807, 2.05) is 18.3 Å². The zero-order valence-corrected chi connectivity index (χ0v) is 15.6. The van der Waals surface area contributed by atoms with Crippen LogP contribution in [0.25, 0.3) is 11.1 Å². The van der Waals surface area contributed by atoms with Crippen LogP contribution in [0.4, 0.5) is 5.69 Å². The van der Waals surface area contributed by atoms with Gasteiger partial charge in [-0.15, -0.1) is 0 Å². The molecular formula is C23H21ClN2. The number of hydrogen-bond donors (Lipinski definition) is 1. The zero-order valence-electron chi connectivity index (χ0n) is 14.8. The number of aryl methyl sites for hydroxylation is 2. The number of benzene rings is 2. The molecule has 0 amide bonds. The molecule has 1 aliphatic carbocycles. The number of halogens is 1. The van der Waals surface area contributed by atoms with Gasteiger partial charge in [0.15, 0.2) is 0 Å². The molecule has 2 nitrogen and oxygen atoms in total. The Morgan fingerprint density at radius 3 is 2.42 bits per heavy atom. The highest BCUT2D eigenvalue weighted by molar-refractivity contribution is 6.29. The molecule has 0 saturated heterocycles. The molecule has 2 N–H and O–H groups in total. The van der Waals surface area contributed by atoms with Gasteiger partial charge in [0.25, 0.3) is 0 Å². The fourth-order valence-corrected chi connectivity index (χ4v) is 3.81. The minimum atomic E-state index is 0.521. The van der Waals surface area contributed by atoms with E-state index in [9.17, 15) is 0 Å². The van der Waals surface area contributed by atoms with Crippen LogP contribution in [0.2, 0.25) is 5.15 Å². The van der Waals surface area contributed by atoms with Gasteiger partial charge in [0, 0.05) is 11.9 Å². The number of rotatable bonds is 2. The van der Waals surface area contributed by atoms with E-state index >= 15 is 0 Å². The molecule has 0 bridgehead atoms. The van der Waals surface area contributed by atoms with E-state index in [0.29, 0.717) is 5.15 Å². The maximum Gasteiger partial charge on any atom is 0.129 e. The Bertz CT molecular complexity index is 970. The summed E-state index contributed by atoms with van der Waals surface area (Å²) in [6.45, 7) is 2.12. The third-order valence-electron chi connectivity index (χ3n) is 4.99. The number of nitrogens with two attached hydrogens (primary N) is 1. The topological polar surface area (TPSA) is 38.9 Å². The van der Waals surface area contributed by atoms with Gasteiger partial charge in [0.1, 0.15) is 5.15 Å². The van der Waals surface area contributed by atoms with Crippen LogP contribution in [0.5, 0.6) is 0 Å². The quantitative estimate of drug-likeness (QED) is 0.455. The molecule has 1 aliphatic rings. The lowest BCUT2D eigenvalue weighted by Crippen LogP contribution is -1.98. The number of nitrogens with zero attached hydrogens (tertiary/aromatic N) is 1. The van der Waals surface area contributed by atoms with Crippen LogP contribution in [0, 0.1) is 6.92 Å². The van der Waals surface area contributed by atoms with E-state index in [1.54, 1.807) is 0 Å². The molecule has 0 aliphatic heterocycles. The molecule has 1 aromatic heterocycles. The van der Waals surface area contributed by atoms with Crippen LogP contribution < -0.4 is 5.73 Å². The van der Waals surface area contributed by atoms with E-state index in [1.165, 1.54) is 33.4 Å². The molecule has 4 rings (SSSR count). The highest BCUT2D eigenvalue weighted by Crippen LogP contribution is 2.40. The Balaban J connectivity index is 1.99. The summed E-state index contributed by atoms with van der Waals surface area (Å²) in [7, 11) is 0. The number of aromatic nitrogens is 1. The Labute approximate surface area is 159 Å². The van der Waals surface area contributed by atoms with Crippen molar-refractivity contribution < 1.29 is 0 Å². The van der Waals surface area contributed by atoms with Crippen molar-refractivity contribution in [3.05, 3.63) is 93.8 Å². The third-order valence-corrected chi connectivity index (χ3v) is 5.21. The van der Waals surface area contributed by atoms with Gasteiger partial charge in [-0.2, -0.15) is 0 Å². The van der Waals surface area contributed by atoms with Crippen molar-refractivity contribution >= 4 is 28.4 Å². The highest BCUT2D eigenvalue weighted by Gasteiger charge is 2.20. The predicted molar refractivity (Wildman–Crippen MR) is 110 cm³/mol. The minimum Gasteiger partial charge on any atom is -0.399 e. The van der Waals surface area contributed by atoms with Crippen LogP contribution in [0.3, 0.4) is 0 Å². The molecule has 0 radical (unpaired) electrons. The van der Waals surface area contributed by atoms with Gasteiger partial charge in [0.05, 0.1) is 0 Å². The normalized spacial score (nSPS) is 14.1. The smallest absolute Gasteiger partial charge is 0.129 e. The summed E-state index contributed by atoms with van der Waals surface area (Å²) in [4.78, 5) is 4.31. The molecule has 0 saturated carbocycles. The van der Waals surface area contributed by atoms with Gasteiger partial charge in [-0.1, -0.05) is 53.6 Å². The third kappa shape index (κ3) is 3.25. The number of hydrogen-bond acceptors (Lipinski definition) is 2. The standard InChI is InChI=1S/C23H21ClN2/c1-15-5-7-16(8-6-15)23-20(18-9-12-22(24)26-14-18)4-2-3-17-13-19(25)10-11-21(17)23/h5-14H,2-4,25H2,1H3. The van der Waals surface area contributed by atoms with Crippen molar-refractivity contribution in [3.8, 4) is 0 Å². The lowest BCUT2D eigenvalue weighted by molar-refractivity contribution is 0.860. The summed E-state index contributed by atoms with van der Waals surface area (Å²) >= 11 is 6.01. The molecule has 0 atom stereocenters. The summed E-state index contributed by atoms with van der Waals surface area (Å²) in [5, 5.41) is 0.521. The Morgan fingerprint density at radius 2 is 1.69 bits per heavy atom. The predicted octanol–water partition coefficient (Wildman–Crippen LogP) is 5.92. The van der Waals surface area contributed by atoms with E-state index in [-0.39, 0.29) is 0 Å². The molecular weight excluding hydrogens is 340 g/mol. The van der Waals surface area contributed by atoms with Crippen molar-refractivity contribution in [2.24, 2.45) is 0 Å². The first-order valence-electron chi connectivity index (χ1n) is 8.93. The number of anilines is 1. The highest BCUT2D eigenvalue weighted by atomic mass is 35.5. The fourth-order valence-electron chi connectivity index (χ4n) is 3.70. The van der Waals surface area contributed by atoms with Gasteiger partial charge in [0.2, 0.25) is 0 Å². The summed E-state index contributed by atoms with van der Waals surface area (Å²) in [5.74, 6) is 0. The monoisotopic (exact) mass is 360 g/mol. The molecule has 0 fully saturated rings. The lowest BCUT2D eigenvalue weighted by Gasteiger charge is -2.17. The Hall–Kier alpha value is -2.58. The molecule has 2 aromatic carbocycles. The van der Waals surface area contributed by atoms with E-state index in [0.717, 1.165) is 30.5 Å². The number of pyridine rings is 1. The van der Waals surface area contributed by atoms with E-state index < -0.39 is 0 Å². The van der Waals surface area contributed by atoms with Crippen molar-refractivity contribution in [1.82, 2.24) is 4.98 Å². The molecule has 0 spiro atoms. The summed E-state index contributed by atoms with van der Waals surface area (Å²) in [5.41, 5.74) is 15.7. The van der Waals surface area contributed by atoms with Gasteiger partial charge in [-0.25, -0.2) is 4.98 Å². The Morgan fingerprint density at radius 1 is 0.923 bits per heavy atom. The van der Waals surface area contributed by atoms with Crippen LogP contribution in [-0.4, -0.2) is 4.98 Å².